The normalized spacial score (nSPS) is 22.5. The number of anilines is 1. The molecule has 2 saturated heterocycles. The molecule has 2 fully saturated rings. The van der Waals surface area contributed by atoms with Crippen LogP contribution in [0.5, 0.6) is 0 Å². The summed E-state index contributed by atoms with van der Waals surface area (Å²) in [4.78, 5) is 22.7. The van der Waals surface area contributed by atoms with Crippen molar-refractivity contribution < 1.29 is 13.4 Å². The highest BCUT2D eigenvalue weighted by Gasteiger charge is 2.42. The Morgan fingerprint density at radius 2 is 1.90 bits per heavy atom. The largest absolute Gasteiger partial charge is 0.355 e. The number of hydrogen-bond acceptors (Lipinski definition) is 4. The number of benzene rings is 2. The highest BCUT2D eigenvalue weighted by atomic mass is 32.2. The zero-order chi connectivity index (χ0) is 28.9. The zero-order valence-corrected chi connectivity index (χ0v) is 24.5. The summed E-state index contributed by atoms with van der Waals surface area (Å²) in [6, 6.07) is 19.3. The van der Waals surface area contributed by atoms with Gasteiger partial charge in [0.25, 0.3) is 0 Å². The van der Waals surface area contributed by atoms with Gasteiger partial charge in [0.15, 0.2) is 0 Å². The van der Waals surface area contributed by atoms with Crippen molar-refractivity contribution in [1.82, 2.24) is 14.2 Å². The van der Waals surface area contributed by atoms with Gasteiger partial charge in [0, 0.05) is 62.7 Å². The maximum atomic E-state index is 15.4. The number of rotatable bonds is 6. The number of amides is 1. The molecule has 0 aliphatic carbocycles. The van der Waals surface area contributed by atoms with Crippen molar-refractivity contribution in [3.05, 3.63) is 94.9 Å². The van der Waals surface area contributed by atoms with Gasteiger partial charge in [-0.1, -0.05) is 55.3 Å². The molecule has 2 aliphatic heterocycles. The Morgan fingerprint density at radius 3 is 2.56 bits per heavy atom. The summed E-state index contributed by atoms with van der Waals surface area (Å²) >= 11 is 0. The SMILES string of the molecule is C#Cc1ccc(N2C[C@@H](C(=O)N3CCCC(c4ccccc4)N(S(C)=O)CC3)[C@H](c3ccc(CC)cc3F)C2)nc1. The first-order chi connectivity index (χ1) is 19.9. The Hall–Kier alpha value is -3.54. The third-order valence-corrected chi connectivity index (χ3v) is 9.52. The second-order valence-corrected chi connectivity index (χ2v) is 12.2. The fourth-order valence-corrected chi connectivity index (χ4v) is 7.11. The first-order valence-corrected chi connectivity index (χ1v) is 15.8. The number of carbonyl (C=O) groups is 1. The average Bonchev–Trinajstić information content (AvgIpc) is 3.42. The Kier molecular flexibility index (Phi) is 9.16. The Morgan fingerprint density at radius 1 is 1.10 bits per heavy atom. The van der Waals surface area contributed by atoms with Crippen molar-refractivity contribution in [2.75, 3.05) is 43.9 Å². The Balaban J connectivity index is 1.40. The summed E-state index contributed by atoms with van der Waals surface area (Å²) in [5.74, 6) is 2.30. The molecule has 0 radical (unpaired) electrons. The van der Waals surface area contributed by atoms with Gasteiger partial charge in [0.05, 0.1) is 16.9 Å². The van der Waals surface area contributed by atoms with Gasteiger partial charge >= 0.3 is 0 Å². The van der Waals surface area contributed by atoms with Crippen LogP contribution in [0.2, 0.25) is 0 Å². The van der Waals surface area contributed by atoms with E-state index in [1.165, 1.54) is 0 Å². The minimum atomic E-state index is -1.19. The van der Waals surface area contributed by atoms with Gasteiger partial charge in [-0.05, 0) is 54.2 Å². The molecule has 6 nitrogen and oxygen atoms in total. The van der Waals surface area contributed by atoms with Gasteiger partial charge in [-0.15, -0.1) is 6.42 Å². The van der Waals surface area contributed by atoms with Gasteiger partial charge in [0.2, 0.25) is 5.91 Å². The number of nitrogens with zero attached hydrogens (tertiary/aromatic N) is 4. The summed E-state index contributed by atoms with van der Waals surface area (Å²) in [7, 11) is -1.19. The second kappa shape index (κ2) is 13.0. The summed E-state index contributed by atoms with van der Waals surface area (Å²) in [6.45, 7) is 4.51. The lowest BCUT2D eigenvalue weighted by molar-refractivity contribution is -0.135. The first-order valence-electron chi connectivity index (χ1n) is 14.3. The molecule has 0 bridgehead atoms. The number of terminal acetylenes is 1. The molecule has 1 aromatic heterocycles. The van der Waals surface area contributed by atoms with Crippen molar-refractivity contribution >= 4 is 22.7 Å². The van der Waals surface area contributed by atoms with Crippen molar-refractivity contribution in [1.29, 1.82) is 0 Å². The van der Waals surface area contributed by atoms with Crippen LogP contribution in [0.15, 0.2) is 66.9 Å². The molecule has 3 heterocycles. The van der Waals surface area contributed by atoms with Gasteiger partial charge in [-0.3, -0.25) is 4.79 Å². The van der Waals surface area contributed by atoms with Gasteiger partial charge in [0.1, 0.15) is 11.6 Å². The third kappa shape index (κ3) is 6.37. The summed E-state index contributed by atoms with van der Waals surface area (Å²) in [6.07, 6.45) is 11.2. The number of aromatic nitrogens is 1. The minimum Gasteiger partial charge on any atom is -0.355 e. The van der Waals surface area contributed by atoms with E-state index in [0.29, 0.717) is 43.9 Å². The molecule has 8 heteroatoms. The lowest BCUT2D eigenvalue weighted by Crippen LogP contribution is -2.46. The fourth-order valence-electron chi connectivity index (χ4n) is 6.18. The lowest BCUT2D eigenvalue weighted by Gasteiger charge is -2.36. The van der Waals surface area contributed by atoms with E-state index >= 15 is 4.39 Å². The van der Waals surface area contributed by atoms with E-state index < -0.39 is 16.9 Å². The van der Waals surface area contributed by atoms with Crippen molar-refractivity contribution in [3.63, 3.8) is 0 Å². The van der Waals surface area contributed by atoms with E-state index in [1.807, 2.05) is 58.6 Å². The molecule has 2 aliphatic rings. The lowest BCUT2D eigenvalue weighted by atomic mass is 9.86. The quantitative estimate of drug-likeness (QED) is 0.393. The summed E-state index contributed by atoms with van der Waals surface area (Å²) in [5.41, 5.74) is 3.32. The first kappa shape index (κ1) is 29.0. The van der Waals surface area contributed by atoms with E-state index in [2.05, 4.69) is 27.9 Å². The molecule has 2 aromatic carbocycles. The van der Waals surface area contributed by atoms with Crippen LogP contribution in [0.4, 0.5) is 10.2 Å². The summed E-state index contributed by atoms with van der Waals surface area (Å²) < 4.78 is 30.2. The molecular formula is C33H37FN4O2S. The monoisotopic (exact) mass is 572 g/mol. The average molecular weight is 573 g/mol. The van der Waals surface area contributed by atoms with Crippen LogP contribution in [0, 0.1) is 24.1 Å². The molecule has 214 valence electrons. The van der Waals surface area contributed by atoms with E-state index in [1.54, 1.807) is 18.5 Å². The van der Waals surface area contributed by atoms with Crippen LogP contribution in [0.25, 0.3) is 0 Å². The zero-order valence-electron chi connectivity index (χ0n) is 23.7. The molecule has 5 rings (SSSR count). The number of carbonyl (C=O) groups excluding carboxylic acids is 1. The predicted molar refractivity (Wildman–Crippen MR) is 162 cm³/mol. The van der Waals surface area contributed by atoms with Crippen LogP contribution in [-0.2, 0) is 22.2 Å². The predicted octanol–water partition coefficient (Wildman–Crippen LogP) is 4.94. The number of halogens is 1. The van der Waals surface area contributed by atoms with Gasteiger partial charge < -0.3 is 9.80 Å². The minimum absolute atomic E-state index is 0.0108. The number of aryl methyl sites for hydroxylation is 1. The molecule has 41 heavy (non-hydrogen) atoms. The van der Waals surface area contributed by atoms with E-state index in [4.69, 9.17) is 6.42 Å². The highest BCUT2D eigenvalue weighted by molar-refractivity contribution is 7.81. The van der Waals surface area contributed by atoms with Crippen LogP contribution in [0.3, 0.4) is 0 Å². The molecule has 4 atom stereocenters. The smallest absolute Gasteiger partial charge is 0.228 e. The molecule has 0 N–H and O–H groups in total. The maximum Gasteiger partial charge on any atom is 0.228 e. The Labute approximate surface area is 245 Å². The molecular weight excluding hydrogens is 535 g/mol. The van der Waals surface area contributed by atoms with E-state index in [0.717, 1.165) is 36.2 Å². The third-order valence-electron chi connectivity index (χ3n) is 8.42. The fraction of sp³-hybridized carbons (Fsp3) is 0.394. The van der Waals surface area contributed by atoms with Crippen LogP contribution in [-0.4, -0.2) is 63.3 Å². The molecule has 0 saturated carbocycles. The standard InChI is InChI=1S/C33H37FN4O2S/c1-4-24-13-15-27(30(34)20-24)28-22-37(32-16-14-25(5-2)21-35-32)23-29(28)33(39)36-17-9-12-31(26-10-7-6-8-11-26)38(19-18-36)41(3)40/h2,6-8,10-11,13-16,20-21,28-29,31H,4,9,12,17-19,22-23H2,1,3H3/t28-,29+,31?,41?/m0/s1. The topological polar surface area (TPSA) is 56.8 Å². The van der Waals surface area contributed by atoms with E-state index in [-0.39, 0.29) is 23.7 Å². The van der Waals surface area contributed by atoms with Gasteiger partial charge in [-0.25, -0.2) is 17.9 Å². The molecule has 3 aromatic rings. The maximum absolute atomic E-state index is 15.4. The van der Waals surface area contributed by atoms with Crippen molar-refractivity contribution in [2.45, 2.75) is 38.1 Å². The van der Waals surface area contributed by atoms with Crippen LogP contribution < -0.4 is 4.90 Å². The number of hydrogen-bond donors (Lipinski definition) is 0. The van der Waals surface area contributed by atoms with Crippen LogP contribution >= 0.6 is 0 Å². The Bertz CT molecular complexity index is 1430. The van der Waals surface area contributed by atoms with Crippen LogP contribution in [0.1, 0.15) is 54.0 Å². The molecule has 1 amide bonds. The second-order valence-electron chi connectivity index (χ2n) is 10.8. The number of pyridine rings is 1. The summed E-state index contributed by atoms with van der Waals surface area (Å²) in [5, 5.41) is 0. The molecule has 0 spiro atoms. The van der Waals surface area contributed by atoms with Crippen molar-refractivity contribution in [3.8, 4) is 12.3 Å². The molecule has 2 unspecified atom stereocenters. The van der Waals surface area contributed by atoms with Gasteiger partial charge in [-0.2, -0.15) is 0 Å². The highest BCUT2D eigenvalue weighted by Crippen LogP contribution is 2.38. The van der Waals surface area contributed by atoms with Crippen molar-refractivity contribution in [2.24, 2.45) is 5.92 Å². The van der Waals surface area contributed by atoms with E-state index in [9.17, 15) is 9.00 Å².